The first-order chi connectivity index (χ1) is 5.91. The second-order valence-electron chi connectivity index (χ2n) is 1.66. The molecular weight excluding hydrogens is 172 g/mol. The molecule has 0 spiro atoms. The highest BCUT2D eigenvalue weighted by Crippen LogP contribution is 1.80. The molecule has 0 unspecified atom stereocenters. The van der Waals surface area contributed by atoms with Crippen molar-refractivity contribution < 1.29 is 34.8 Å². The molecule has 0 aromatic rings. The van der Waals surface area contributed by atoms with Gasteiger partial charge in [0.25, 0.3) is 0 Å². The van der Waals surface area contributed by atoms with E-state index in [4.69, 9.17) is 15.3 Å². The quantitative estimate of drug-likeness (QED) is 0.224. The summed E-state index contributed by atoms with van der Waals surface area (Å²) in [5, 5.41) is 18.8. The summed E-state index contributed by atoms with van der Waals surface area (Å²) < 4.78 is 9.57. The molecule has 0 aliphatic carbocycles. The summed E-state index contributed by atoms with van der Waals surface area (Å²) in [5.41, 5.74) is 0. The zero-order valence-corrected chi connectivity index (χ0v) is 6.47. The van der Waals surface area contributed by atoms with Crippen LogP contribution in [0.1, 0.15) is 0 Å². The van der Waals surface area contributed by atoms with Gasteiger partial charge in [-0.25, -0.2) is 20.3 Å². The first-order valence-electron chi connectivity index (χ1n) is 3.26. The molecule has 0 bridgehead atoms. The molecule has 0 heterocycles. The monoisotopic (exact) mass is 184 g/mol. The Labute approximate surface area is 69.1 Å². The normalized spacial score (nSPS) is 10.5. The van der Waals surface area contributed by atoms with Crippen molar-refractivity contribution in [3.8, 4) is 0 Å². The number of hydrogen-bond acceptors (Lipinski definition) is 7. The van der Waals surface area contributed by atoms with Gasteiger partial charge in [0.1, 0.15) is 6.61 Å². The van der Waals surface area contributed by atoms with Crippen LogP contribution in [0.5, 0.6) is 0 Å². The molecule has 0 saturated carbocycles. The fourth-order valence-electron chi connectivity index (χ4n) is 0.446. The molecule has 0 aromatic heterocycles. The second kappa shape index (κ2) is 10.7. The fraction of sp³-hybridized carbons (Fsp3) is 1.00. The van der Waals surface area contributed by atoms with Gasteiger partial charge in [0.15, 0.2) is 6.79 Å². The first kappa shape index (κ1) is 11.7. The van der Waals surface area contributed by atoms with Crippen LogP contribution in [-0.2, 0) is 24.3 Å². The Bertz CT molecular complexity index is 68.2. The molecule has 0 saturated heterocycles. The molecule has 0 aliphatic heterocycles. The lowest BCUT2D eigenvalue weighted by molar-refractivity contribution is -0.491. The Balaban J connectivity index is 2.73. The maximum absolute atomic E-state index is 7.81. The molecule has 12 heavy (non-hydrogen) atoms. The SMILES string of the molecule is OOCOCCOCCOOO. The predicted molar refractivity (Wildman–Crippen MR) is 35.0 cm³/mol. The fourth-order valence-corrected chi connectivity index (χ4v) is 0.446. The van der Waals surface area contributed by atoms with E-state index in [1.54, 1.807) is 0 Å². The van der Waals surface area contributed by atoms with Crippen LogP contribution in [0, 0.1) is 0 Å². The summed E-state index contributed by atoms with van der Waals surface area (Å²) >= 11 is 0. The van der Waals surface area contributed by atoms with Crippen LogP contribution in [0.25, 0.3) is 0 Å². The van der Waals surface area contributed by atoms with Gasteiger partial charge < -0.3 is 9.47 Å². The van der Waals surface area contributed by atoms with Crippen molar-refractivity contribution in [1.82, 2.24) is 0 Å². The van der Waals surface area contributed by atoms with Gasteiger partial charge in [-0.2, -0.15) is 0 Å². The Morgan fingerprint density at radius 3 is 2.17 bits per heavy atom. The summed E-state index contributed by atoms with van der Waals surface area (Å²) in [7, 11) is 0. The second-order valence-corrected chi connectivity index (χ2v) is 1.66. The van der Waals surface area contributed by atoms with E-state index in [-0.39, 0.29) is 20.0 Å². The minimum absolute atomic E-state index is 0.132. The van der Waals surface area contributed by atoms with Gasteiger partial charge in [-0.1, -0.05) is 5.04 Å². The van der Waals surface area contributed by atoms with E-state index in [2.05, 4.69) is 19.6 Å². The van der Waals surface area contributed by atoms with Gasteiger partial charge in [0, 0.05) is 0 Å². The molecule has 74 valence electrons. The third-order valence-corrected chi connectivity index (χ3v) is 0.872. The highest BCUT2D eigenvalue weighted by Gasteiger charge is 1.90. The average molecular weight is 184 g/mol. The van der Waals surface area contributed by atoms with Gasteiger partial charge in [-0.3, -0.25) is 0 Å². The molecule has 0 rings (SSSR count). The lowest BCUT2D eigenvalue weighted by Crippen LogP contribution is -2.10. The maximum atomic E-state index is 7.81. The highest BCUT2D eigenvalue weighted by molar-refractivity contribution is 4.28. The van der Waals surface area contributed by atoms with Gasteiger partial charge in [-0.15, -0.1) is 0 Å². The summed E-state index contributed by atoms with van der Waals surface area (Å²) in [4.78, 5) is 7.72. The summed E-state index contributed by atoms with van der Waals surface area (Å²) in [6.45, 7) is 0.884. The van der Waals surface area contributed by atoms with Crippen molar-refractivity contribution in [3.05, 3.63) is 0 Å². The van der Waals surface area contributed by atoms with E-state index in [9.17, 15) is 0 Å². The molecule has 2 N–H and O–H groups in total. The van der Waals surface area contributed by atoms with E-state index in [1.807, 2.05) is 0 Å². The van der Waals surface area contributed by atoms with E-state index in [0.29, 0.717) is 13.2 Å². The maximum Gasteiger partial charge on any atom is 0.180 e. The summed E-state index contributed by atoms with van der Waals surface area (Å²) in [6.07, 6.45) is 0. The topological polar surface area (TPSA) is 86.6 Å². The minimum atomic E-state index is -0.181. The van der Waals surface area contributed by atoms with Crippen molar-refractivity contribution in [2.75, 3.05) is 33.2 Å². The van der Waals surface area contributed by atoms with Crippen molar-refractivity contribution in [1.29, 1.82) is 0 Å². The van der Waals surface area contributed by atoms with Crippen molar-refractivity contribution in [2.24, 2.45) is 0 Å². The number of hydrogen-bond donors (Lipinski definition) is 2. The van der Waals surface area contributed by atoms with Crippen LogP contribution in [0.4, 0.5) is 0 Å². The number of rotatable bonds is 9. The van der Waals surface area contributed by atoms with Crippen LogP contribution < -0.4 is 0 Å². The van der Waals surface area contributed by atoms with Gasteiger partial charge in [0.2, 0.25) is 0 Å². The van der Waals surface area contributed by atoms with Crippen LogP contribution in [-0.4, -0.2) is 43.7 Å². The molecule has 0 amide bonds. The van der Waals surface area contributed by atoms with Gasteiger partial charge in [-0.05, 0) is 0 Å². The minimum Gasteiger partial charge on any atom is -0.377 e. The van der Waals surface area contributed by atoms with E-state index in [0.717, 1.165) is 0 Å². The molecular formula is C5H12O7. The van der Waals surface area contributed by atoms with Gasteiger partial charge >= 0.3 is 0 Å². The highest BCUT2D eigenvalue weighted by atomic mass is 17.5. The van der Waals surface area contributed by atoms with Crippen LogP contribution in [0.3, 0.4) is 0 Å². The third-order valence-electron chi connectivity index (χ3n) is 0.872. The zero-order chi connectivity index (χ0) is 9.07. The lowest BCUT2D eigenvalue weighted by atomic mass is 10.7. The average Bonchev–Trinajstić information content (AvgIpc) is 2.10. The standard InChI is InChI=1S/C5H12O7/c6-10-5-9-2-1-8-3-4-11-12-7/h6-7H,1-5H2. The summed E-state index contributed by atoms with van der Waals surface area (Å²) in [5.74, 6) is 0. The van der Waals surface area contributed by atoms with Crippen LogP contribution >= 0.6 is 0 Å². The first-order valence-corrected chi connectivity index (χ1v) is 3.26. The molecule has 7 heteroatoms. The number of ether oxygens (including phenoxy) is 2. The zero-order valence-electron chi connectivity index (χ0n) is 6.47. The third kappa shape index (κ3) is 9.72. The molecule has 7 nitrogen and oxygen atoms in total. The largest absolute Gasteiger partial charge is 0.377 e. The summed E-state index contributed by atoms with van der Waals surface area (Å²) in [6, 6.07) is 0. The molecule has 0 aromatic carbocycles. The Morgan fingerprint density at radius 1 is 0.833 bits per heavy atom. The smallest absolute Gasteiger partial charge is 0.180 e. The lowest BCUT2D eigenvalue weighted by Gasteiger charge is -2.02. The predicted octanol–water partition coefficient (Wildman–Crippen LogP) is -0.112. The molecule has 0 radical (unpaired) electrons. The molecule has 0 aliphatic rings. The Hall–Kier alpha value is -0.280. The Kier molecular flexibility index (Phi) is 10.5. The van der Waals surface area contributed by atoms with Crippen LogP contribution in [0.15, 0.2) is 0 Å². The molecule has 0 atom stereocenters. The van der Waals surface area contributed by atoms with Gasteiger partial charge in [0.05, 0.1) is 19.8 Å². The van der Waals surface area contributed by atoms with Crippen molar-refractivity contribution in [2.45, 2.75) is 0 Å². The van der Waals surface area contributed by atoms with E-state index in [1.165, 1.54) is 0 Å². The van der Waals surface area contributed by atoms with Crippen LogP contribution in [0.2, 0.25) is 0 Å². The van der Waals surface area contributed by atoms with Crippen molar-refractivity contribution >= 4 is 0 Å². The Morgan fingerprint density at radius 2 is 1.50 bits per heavy atom. The van der Waals surface area contributed by atoms with Crippen molar-refractivity contribution in [3.63, 3.8) is 0 Å². The van der Waals surface area contributed by atoms with E-state index >= 15 is 0 Å². The molecule has 0 fully saturated rings. The van der Waals surface area contributed by atoms with E-state index < -0.39 is 0 Å².